The van der Waals surface area contributed by atoms with E-state index in [2.05, 4.69) is 50.9 Å². The summed E-state index contributed by atoms with van der Waals surface area (Å²) >= 11 is 1.62. The maximum atomic E-state index is 14.2. The van der Waals surface area contributed by atoms with E-state index in [0.29, 0.717) is 17.7 Å². The van der Waals surface area contributed by atoms with E-state index in [9.17, 15) is 4.79 Å². The van der Waals surface area contributed by atoms with E-state index >= 15 is 0 Å². The molecule has 0 aliphatic carbocycles. The van der Waals surface area contributed by atoms with Gasteiger partial charge >= 0.3 is 0 Å². The minimum Gasteiger partial charge on any atom is -0.543 e. The molecule has 0 unspecified atom stereocenters. The van der Waals surface area contributed by atoms with Crippen LogP contribution in [0.15, 0.2) is 66.7 Å². The van der Waals surface area contributed by atoms with Gasteiger partial charge in [-0.15, -0.1) is 11.3 Å². The lowest BCUT2D eigenvalue weighted by Gasteiger charge is -2.36. The molecule has 0 bridgehead atoms. The van der Waals surface area contributed by atoms with Crippen LogP contribution in [0.3, 0.4) is 0 Å². The summed E-state index contributed by atoms with van der Waals surface area (Å²) in [4.78, 5) is 17.6. The Morgan fingerprint density at radius 2 is 1.62 bits per heavy atom. The molecule has 5 rings (SSSR count). The third kappa shape index (κ3) is 6.74. The maximum Gasteiger partial charge on any atom is 0.250 e. The van der Waals surface area contributed by atoms with Gasteiger partial charge in [0.2, 0.25) is 8.32 Å². The third-order valence-electron chi connectivity index (χ3n) is 8.64. The van der Waals surface area contributed by atoms with Crippen LogP contribution in [0, 0.1) is 0 Å². The number of carbonyl (C=O) groups is 1. The highest BCUT2D eigenvalue weighted by molar-refractivity contribution is 7.22. The number of benzene rings is 3. The Bertz CT molecular complexity index is 1530. The molecule has 1 fully saturated rings. The number of hydrogen-bond acceptors (Lipinski definition) is 6. The topological polar surface area (TPSA) is 48.0 Å². The zero-order chi connectivity index (χ0) is 29.9. The monoisotopic (exact) mass is 601 g/mol. The summed E-state index contributed by atoms with van der Waals surface area (Å²) in [6.45, 7) is 15.1. The first-order chi connectivity index (χ1) is 20.1. The van der Waals surface area contributed by atoms with Gasteiger partial charge in [-0.25, -0.2) is 0 Å². The Kier molecular flexibility index (Phi) is 9.11. The van der Waals surface area contributed by atoms with Crippen LogP contribution in [0.4, 0.5) is 0 Å². The minimum absolute atomic E-state index is 0.00278. The second-order valence-electron chi connectivity index (χ2n) is 12.7. The summed E-state index contributed by atoms with van der Waals surface area (Å²) in [5.74, 6) is 2.41. The molecule has 4 aromatic rings. The Balaban J connectivity index is 1.43. The molecule has 0 spiro atoms. The Morgan fingerprint density at radius 3 is 2.31 bits per heavy atom. The van der Waals surface area contributed by atoms with Crippen molar-refractivity contribution >= 4 is 35.5 Å². The normalized spacial score (nSPS) is 14.6. The molecule has 0 amide bonds. The van der Waals surface area contributed by atoms with E-state index < -0.39 is 8.32 Å². The van der Waals surface area contributed by atoms with Crippen LogP contribution < -0.4 is 13.9 Å². The lowest BCUT2D eigenvalue weighted by Crippen LogP contribution is -2.43. The number of rotatable bonds is 10. The summed E-state index contributed by atoms with van der Waals surface area (Å²) in [6, 6.07) is 21.7. The van der Waals surface area contributed by atoms with E-state index in [1.807, 2.05) is 54.6 Å². The summed E-state index contributed by atoms with van der Waals surface area (Å²) < 4.78 is 19.2. The molecule has 0 radical (unpaired) electrons. The van der Waals surface area contributed by atoms with Crippen molar-refractivity contribution < 1.29 is 18.7 Å². The number of fused-ring (bicyclic) bond motifs is 1. The van der Waals surface area contributed by atoms with Crippen molar-refractivity contribution in [2.24, 2.45) is 0 Å². The fraction of sp³-hybridized carbons (Fsp3) is 0.400. The van der Waals surface area contributed by atoms with Gasteiger partial charge < -0.3 is 13.9 Å². The second kappa shape index (κ2) is 12.6. The summed E-state index contributed by atoms with van der Waals surface area (Å²) in [5, 5.41) is 1.01. The molecule has 0 saturated carbocycles. The van der Waals surface area contributed by atoms with Crippen molar-refractivity contribution in [1.82, 2.24) is 4.90 Å². The van der Waals surface area contributed by atoms with Crippen molar-refractivity contribution in [1.29, 1.82) is 0 Å². The fourth-order valence-corrected chi connectivity index (χ4v) is 7.35. The van der Waals surface area contributed by atoms with Crippen molar-refractivity contribution in [3.63, 3.8) is 0 Å². The van der Waals surface area contributed by atoms with Gasteiger partial charge in [0.25, 0.3) is 0 Å². The van der Waals surface area contributed by atoms with Gasteiger partial charge in [0.05, 0.1) is 7.11 Å². The summed E-state index contributed by atoms with van der Waals surface area (Å²) in [5.41, 5.74) is 2.33. The zero-order valence-corrected chi connectivity index (χ0v) is 27.6. The molecular weight excluding hydrogens is 559 g/mol. The molecule has 0 atom stereocenters. The Labute approximate surface area is 255 Å². The molecule has 1 aliphatic heterocycles. The van der Waals surface area contributed by atoms with E-state index in [1.165, 1.54) is 19.3 Å². The molecule has 1 aliphatic rings. The van der Waals surface area contributed by atoms with E-state index in [4.69, 9.17) is 13.9 Å². The third-order valence-corrected chi connectivity index (χ3v) is 14.2. The number of ketones is 1. The van der Waals surface area contributed by atoms with Gasteiger partial charge in [-0.3, -0.25) is 9.69 Å². The highest BCUT2D eigenvalue weighted by Gasteiger charge is 2.39. The number of ether oxygens (including phenoxy) is 2. The van der Waals surface area contributed by atoms with Gasteiger partial charge in [0, 0.05) is 32.6 Å². The van der Waals surface area contributed by atoms with Crippen molar-refractivity contribution in [2.45, 2.75) is 58.2 Å². The quantitative estimate of drug-likeness (QED) is 0.134. The Hall–Kier alpha value is -3.13. The highest BCUT2D eigenvalue weighted by atomic mass is 32.1. The minimum atomic E-state index is -2.02. The lowest BCUT2D eigenvalue weighted by molar-refractivity contribution is 0.104. The van der Waals surface area contributed by atoms with Crippen LogP contribution in [-0.2, 0) is 0 Å². The van der Waals surface area contributed by atoms with E-state index in [0.717, 1.165) is 57.4 Å². The maximum absolute atomic E-state index is 14.2. The predicted molar refractivity (Wildman–Crippen MR) is 177 cm³/mol. The van der Waals surface area contributed by atoms with E-state index in [-0.39, 0.29) is 10.8 Å². The number of piperidine rings is 1. The second-order valence-corrected chi connectivity index (χ2v) is 18.4. The van der Waals surface area contributed by atoms with Crippen LogP contribution in [0.25, 0.3) is 20.5 Å². The van der Waals surface area contributed by atoms with Gasteiger partial charge in [0.15, 0.2) is 5.78 Å². The van der Waals surface area contributed by atoms with Crippen molar-refractivity contribution in [3.8, 4) is 27.7 Å². The molecule has 7 heteroatoms. The van der Waals surface area contributed by atoms with Crippen LogP contribution in [-0.4, -0.2) is 52.4 Å². The van der Waals surface area contributed by atoms with Crippen molar-refractivity contribution in [2.75, 3.05) is 33.4 Å². The van der Waals surface area contributed by atoms with Crippen LogP contribution >= 0.6 is 11.3 Å². The average molecular weight is 602 g/mol. The number of methoxy groups -OCH3 is 1. The molecular formula is C35H43NO4SSi. The molecule has 1 aromatic heterocycles. The van der Waals surface area contributed by atoms with Crippen LogP contribution in [0.5, 0.6) is 17.2 Å². The summed E-state index contributed by atoms with van der Waals surface area (Å²) in [6.07, 6.45) is 3.88. The standard InChI is InChI=1S/C35H43NO4SSi/c1-35(2,3)42(5,6)40-29-12-10-11-26(23-29)34-32(30-18-17-28(38-4)24-31(30)41-34)33(37)25-13-15-27(16-14-25)39-22-21-36-19-8-7-9-20-36/h10-18,23-24H,7-9,19-22H2,1-6H3. The number of hydrogen-bond donors (Lipinski definition) is 0. The number of carbonyl (C=O) groups excluding carboxylic acids is 1. The number of nitrogens with zero attached hydrogens (tertiary/aromatic N) is 1. The first-order valence-corrected chi connectivity index (χ1v) is 18.7. The average Bonchev–Trinajstić information content (AvgIpc) is 3.36. The molecule has 5 nitrogen and oxygen atoms in total. The number of likely N-dealkylation sites (tertiary alicyclic amines) is 1. The van der Waals surface area contributed by atoms with Crippen LogP contribution in [0.1, 0.15) is 56.0 Å². The smallest absolute Gasteiger partial charge is 0.250 e. The van der Waals surface area contributed by atoms with Crippen molar-refractivity contribution in [3.05, 3.63) is 77.9 Å². The van der Waals surface area contributed by atoms with Crippen LogP contribution in [0.2, 0.25) is 18.1 Å². The largest absolute Gasteiger partial charge is 0.543 e. The first kappa shape index (κ1) is 30.3. The van der Waals surface area contributed by atoms with E-state index in [1.54, 1.807) is 18.4 Å². The zero-order valence-electron chi connectivity index (χ0n) is 25.8. The van der Waals surface area contributed by atoms with Gasteiger partial charge in [-0.05, 0) is 104 Å². The first-order valence-electron chi connectivity index (χ1n) is 15.0. The SMILES string of the molecule is COc1ccc2c(C(=O)c3ccc(OCCN4CCCCC4)cc3)c(-c3cccc(O[Si](C)(C)C(C)(C)C)c3)sc2c1. The lowest BCUT2D eigenvalue weighted by atomic mass is 9.97. The van der Waals surface area contributed by atoms with Gasteiger partial charge in [0.1, 0.15) is 23.9 Å². The predicted octanol–water partition coefficient (Wildman–Crippen LogP) is 9.06. The molecule has 0 N–H and O–H groups in total. The molecule has 222 valence electrons. The highest BCUT2D eigenvalue weighted by Crippen LogP contribution is 2.43. The molecule has 2 heterocycles. The molecule has 1 saturated heterocycles. The molecule has 3 aromatic carbocycles. The number of thiophene rings is 1. The fourth-order valence-electron chi connectivity index (χ4n) is 5.10. The van der Waals surface area contributed by atoms with Gasteiger partial charge in [-0.2, -0.15) is 0 Å². The van der Waals surface area contributed by atoms with Gasteiger partial charge in [-0.1, -0.05) is 39.3 Å². The summed E-state index contributed by atoms with van der Waals surface area (Å²) in [7, 11) is -0.356. The Morgan fingerprint density at radius 1 is 0.905 bits per heavy atom. The molecule has 42 heavy (non-hydrogen) atoms.